The minimum absolute atomic E-state index is 0.135. The molecule has 3 aromatic rings. The summed E-state index contributed by atoms with van der Waals surface area (Å²) in [4.78, 5) is 5.23. The molecule has 32 heavy (non-hydrogen) atoms. The predicted octanol–water partition coefficient (Wildman–Crippen LogP) is 8.38. The van der Waals surface area contributed by atoms with E-state index in [9.17, 15) is 0 Å². The molecule has 0 bridgehead atoms. The second-order valence-corrected chi connectivity index (χ2v) is 9.98. The second kappa shape index (κ2) is 10.3. The summed E-state index contributed by atoms with van der Waals surface area (Å²) in [6, 6.07) is 24.4. The van der Waals surface area contributed by atoms with E-state index >= 15 is 0 Å². The quantitative estimate of drug-likeness (QED) is 0.391. The molecular weight excluding hydrogens is 388 g/mol. The molecule has 2 heteroatoms. The summed E-state index contributed by atoms with van der Waals surface area (Å²) in [6.45, 7) is 9.15. The van der Waals surface area contributed by atoms with Crippen LogP contribution in [0.2, 0.25) is 0 Å². The normalized spacial score (nSPS) is 15.4. The number of pyridine rings is 1. The fourth-order valence-electron chi connectivity index (χ4n) is 5.08. The Morgan fingerprint density at radius 2 is 1.41 bits per heavy atom. The van der Waals surface area contributed by atoms with Gasteiger partial charge in [-0.05, 0) is 59.9 Å². The first-order valence-electron chi connectivity index (χ1n) is 12.4. The van der Waals surface area contributed by atoms with Gasteiger partial charge in [0.2, 0.25) is 0 Å². The molecule has 2 aromatic carbocycles. The summed E-state index contributed by atoms with van der Waals surface area (Å²) in [6.07, 6.45) is 6.15. The van der Waals surface area contributed by atoms with Crippen LogP contribution in [0.1, 0.15) is 105 Å². The molecule has 1 aliphatic rings. The molecule has 1 unspecified atom stereocenters. The van der Waals surface area contributed by atoms with Crippen LogP contribution in [0.5, 0.6) is 0 Å². The van der Waals surface area contributed by atoms with Crippen molar-refractivity contribution in [2.75, 3.05) is 5.32 Å². The third-order valence-electron chi connectivity index (χ3n) is 6.90. The van der Waals surface area contributed by atoms with Crippen molar-refractivity contribution in [1.82, 2.24) is 4.98 Å². The molecule has 1 atom stereocenters. The minimum Gasteiger partial charge on any atom is -0.376 e. The molecule has 2 nitrogen and oxygen atoms in total. The third-order valence-corrected chi connectivity index (χ3v) is 6.90. The lowest BCUT2D eigenvalue weighted by molar-refractivity contribution is 0.671. The van der Waals surface area contributed by atoms with Gasteiger partial charge in [0.15, 0.2) is 0 Å². The van der Waals surface area contributed by atoms with E-state index in [0.717, 1.165) is 12.1 Å². The highest BCUT2D eigenvalue weighted by Gasteiger charge is 2.23. The first kappa shape index (κ1) is 22.6. The smallest absolute Gasteiger partial charge is 0.0725 e. The molecule has 1 N–H and O–H groups in total. The predicted molar refractivity (Wildman–Crippen MR) is 137 cm³/mol. The highest BCUT2D eigenvalue weighted by Crippen LogP contribution is 2.37. The van der Waals surface area contributed by atoms with Gasteiger partial charge in [0.1, 0.15) is 0 Å². The van der Waals surface area contributed by atoms with Crippen molar-refractivity contribution in [3.05, 3.63) is 94.8 Å². The van der Waals surface area contributed by atoms with E-state index in [2.05, 4.69) is 99.7 Å². The highest BCUT2D eigenvalue weighted by molar-refractivity contribution is 5.61. The lowest BCUT2D eigenvalue weighted by Crippen LogP contribution is -2.19. The Morgan fingerprint density at radius 1 is 0.781 bits per heavy atom. The molecular formula is C30H38N2. The lowest BCUT2D eigenvalue weighted by atomic mass is 9.91. The van der Waals surface area contributed by atoms with Crippen LogP contribution >= 0.6 is 0 Å². The van der Waals surface area contributed by atoms with Gasteiger partial charge in [0, 0.05) is 17.3 Å². The number of nitrogens with zero attached hydrogens (tertiary/aromatic N) is 1. The molecule has 1 saturated carbocycles. The Balaban J connectivity index is 1.74. The molecule has 0 radical (unpaired) electrons. The fraction of sp³-hybridized carbons (Fsp3) is 0.433. The summed E-state index contributed by atoms with van der Waals surface area (Å²) in [5.41, 5.74) is 7.85. The van der Waals surface area contributed by atoms with Crippen LogP contribution in [0.3, 0.4) is 0 Å². The van der Waals surface area contributed by atoms with Crippen LogP contribution < -0.4 is 5.32 Å². The van der Waals surface area contributed by atoms with Gasteiger partial charge in [0.05, 0.1) is 11.7 Å². The Labute approximate surface area is 194 Å². The molecule has 4 rings (SSSR count). The summed E-state index contributed by atoms with van der Waals surface area (Å²) in [7, 11) is 0. The van der Waals surface area contributed by atoms with Gasteiger partial charge in [-0.2, -0.15) is 0 Å². The van der Waals surface area contributed by atoms with Gasteiger partial charge in [-0.3, -0.25) is 4.98 Å². The van der Waals surface area contributed by atoms with Gasteiger partial charge in [0.25, 0.3) is 0 Å². The van der Waals surface area contributed by atoms with Gasteiger partial charge >= 0.3 is 0 Å². The number of hydrogen-bond donors (Lipinski definition) is 1. The van der Waals surface area contributed by atoms with Crippen LogP contribution in [0.15, 0.2) is 66.7 Å². The second-order valence-electron chi connectivity index (χ2n) is 9.98. The van der Waals surface area contributed by atoms with Crippen molar-refractivity contribution in [1.29, 1.82) is 0 Å². The number of rotatable bonds is 8. The van der Waals surface area contributed by atoms with Gasteiger partial charge in [-0.15, -0.1) is 0 Å². The minimum atomic E-state index is 0.135. The Hall–Kier alpha value is -2.61. The van der Waals surface area contributed by atoms with Crippen molar-refractivity contribution in [3.8, 4) is 0 Å². The highest BCUT2D eigenvalue weighted by atomic mass is 15.0. The standard InChI is InChI=1S/C30H38N2/c1-21(2)25-16-10-17-26(22(3)4)30(25)32-29(20-23-12-6-5-7-13-23)28-19-11-18-27(31-28)24-14-8-9-15-24/h5-7,10-13,16-19,21-22,24,29,32H,8-9,14-15,20H2,1-4H3. The molecule has 1 heterocycles. The number of aromatic nitrogens is 1. The molecule has 0 saturated heterocycles. The maximum absolute atomic E-state index is 5.23. The van der Waals surface area contributed by atoms with Crippen molar-refractivity contribution in [2.45, 2.75) is 83.6 Å². The lowest BCUT2D eigenvalue weighted by Gasteiger charge is -2.27. The van der Waals surface area contributed by atoms with Gasteiger partial charge < -0.3 is 5.32 Å². The Bertz CT molecular complexity index is 974. The number of hydrogen-bond acceptors (Lipinski definition) is 2. The molecule has 168 valence electrons. The zero-order valence-corrected chi connectivity index (χ0v) is 20.1. The van der Waals surface area contributed by atoms with E-state index in [4.69, 9.17) is 4.98 Å². The van der Waals surface area contributed by atoms with E-state index in [1.807, 2.05) is 0 Å². The van der Waals surface area contributed by atoms with E-state index in [-0.39, 0.29) is 6.04 Å². The number of para-hydroxylation sites is 1. The summed E-state index contributed by atoms with van der Waals surface area (Å²) in [5, 5.41) is 4.00. The van der Waals surface area contributed by atoms with E-state index in [1.165, 1.54) is 53.8 Å². The van der Waals surface area contributed by atoms with Crippen LogP contribution in [0, 0.1) is 0 Å². The van der Waals surface area contributed by atoms with E-state index in [0.29, 0.717) is 17.8 Å². The van der Waals surface area contributed by atoms with Gasteiger partial charge in [-0.25, -0.2) is 0 Å². The van der Waals surface area contributed by atoms with Crippen LogP contribution in [0.25, 0.3) is 0 Å². The largest absolute Gasteiger partial charge is 0.376 e. The summed E-state index contributed by atoms with van der Waals surface area (Å²) < 4.78 is 0. The fourth-order valence-corrected chi connectivity index (χ4v) is 5.08. The Kier molecular flexibility index (Phi) is 7.29. The van der Waals surface area contributed by atoms with Crippen molar-refractivity contribution in [3.63, 3.8) is 0 Å². The first-order chi connectivity index (χ1) is 15.5. The maximum atomic E-state index is 5.23. The van der Waals surface area contributed by atoms with Gasteiger partial charge in [-0.1, -0.05) is 95.1 Å². The van der Waals surface area contributed by atoms with Crippen molar-refractivity contribution in [2.24, 2.45) is 0 Å². The summed E-state index contributed by atoms with van der Waals surface area (Å²) >= 11 is 0. The third kappa shape index (κ3) is 5.23. The molecule has 0 spiro atoms. The number of nitrogens with one attached hydrogen (secondary N) is 1. The Morgan fingerprint density at radius 3 is 2.03 bits per heavy atom. The monoisotopic (exact) mass is 426 g/mol. The van der Waals surface area contributed by atoms with E-state index < -0.39 is 0 Å². The average Bonchev–Trinajstić information content (AvgIpc) is 3.34. The van der Waals surface area contributed by atoms with Crippen molar-refractivity contribution >= 4 is 5.69 Å². The molecule has 1 fully saturated rings. The zero-order chi connectivity index (χ0) is 22.5. The molecule has 1 aromatic heterocycles. The average molecular weight is 427 g/mol. The topological polar surface area (TPSA) is 24.9 Å². The zero-order valence-electron chi connectivity index (χ0n) is 20.1. The number of anilines is 1. The van der Waals surface area contributed by atoms with E-state index in [1.54, 1.807) is 0 Å². The van der Waals surface area contributed by atoms with Crippen LogP contribution in [-0.2, 0) is 6.42 Å². The molecule has 0 amide bonds. The first-order valence-corrected chi connectivity index (χ1v) is 12.4. The molecule has 0 aliphatic heterocycles. The van der Waals surface area contributed by atoms with Crippen LogP contribution in [-0.4, -0.2) is 4.98 Å². The maximum Gasteiger partial charge on any atom is 0.0725 e. The summed E-state index contributed by atoms with van der Waals surface area (Å²) in [5.74, 6) is 1.55. The van der Waals surface area contributed by atoms with Crippen LogP contribution in [0.4, 0.5) is 5.69 Å². The van der Waals surface area contributed by atoms with Crippen molar-refractivity contribution < 1.29 is 0 Å². The molecule has 1 aliphatic carbocycles. The number of benzene rings is 2. The SMILES string of the molecule is CC(C)c1cccc(C(C)C)c1NC(Cc1ccccc1)c1cccc(C2CCCC2)n1.